The summed E-state index contributed by atoms with van der Waals surface area (Å²) in [6.45, 7) is 5.14. The summed E-state index contributed by atoms with van der Waals surface area (Å²) in [6.07, 6.45) is 7.59. The number of hydrogen-bond donors (Lipinski definition) is 2. The molecule has 1 aliphatic carbocycles. The Labute approximate surface area is 124 Å². The van der Waals surface area contributed by atoms with Crippen molar-refractivity contribution in [3.8, 4) is 0 Å². The van der Waals surface area contributed by atoms with Crippen LogP contribution in [0.5, 0.6) is 0 Å². The molecule has 1 rings (SSSR count). The molecule has 116 valence electrons. The van der Waals surface area contributed by atoms with Crippen molar-refractivity contribution in [1.82, 2.24) is 10.6 Å². The number of carbonyl (C=O) groups excluding carboxylic acids is 3. The summed E-state index contributed by atoms with van der Waals surface area (Å²) in [7, 11) is 0. The van der Waals surface area contributed by atoms with Gasteiger partial charge in [-0.2, -0.15) is 0 Å². The van der Waals surface area contributed by atoms with Crippen molar-refractivity contribution in [2.45, 2.75) is 45.3 Å². The van der Waals surface area contributed by atoms with Gasteiger partial charge in [-0.05, 0) is 39.2 Å². The van der Waals surface area contributed by atoms with Gasteiger partial charge >= 0.3 is 5.97 Å². The van der Waals surface area contributed by atoms with Crippen LogP contribution in [-0.2, 0) is 19.1 Å². The maximum absolute atomic E-state index is 12.3. The van der Waals surface area contributed by atoms with Gasteiger partial charge in [0.1, 0.15) is 11.6 Å². The highest BCUT2D eigenvalue weighted by molar-refractivity contribution is 5.88. The second kappa shape index (κ2) is 7.61. The lowest BCUT2D eigenvalue weighted by atomic mass is 9.97. The third kappa shape index (κ3) is 6.25. The Hall–Kier alpha value is -2.11. The van der Waals surface area contributed by atoms with Gasteiger partial charge in [0.2, 0.25) is 12.3 Å². The molecule has 0 spiro atoms. The van der Waals surface area contributed by atoms with E-state index in [4.69, 9.17) is 4.74 Å². The maximum Gasteiger partial charge on any atom is 0.333 e. The third-order valence-electron chi connectivity index (χ3n) is 2.71. The molecular formula is C15H22N2O4. The zero-order chi connectivity index (χ0) is 15.9. The predicted octanol–water partition coefficient (Wildman–Crippen LogP) is 0.835. The monoisotopic (exact) mass is 294 g/mol. The first-order valence-electron chi connectivity index (χ1n) is 6.88. The van der Waals surface area contributed by atoms with Crippen molar-refractivity contribution in [1.29, 1.82) is 0 Å². The van der Waals surface area contributed by atoms with Crippen molar-refractivity contribution in [3.05, 3.63) is 23.8 Å². The molecule has 0 heterocycles. The maximum atomic E-state index is 12.3. The van der Waals surface area contributed by atoms with E-state index in [0.29, 0.717) is 12.8 Å². The standard InChI is InChI=1S/C15H22N2O4/c1-15(2,3)21-14(20)13(11-7-5-4-6-8-11)17-12(19)9-16-10-18/h4-5,7,10,13H,6,8-9H2,1-3H3,(H,16,18)(H,17,19). The molecule has 1 atom stereocenters. The van der Waals surface area contributed by atoms with Crippen molar-refractivity contribution in [2.24, 2.45) is 0 Å². The fraction of sp³-hybridized carbons (Fsp3) is 0.533. The minimum Gasteiger partial charge on any atom is -0.458 e. The van der Waals surface area contributed by atoms with E-state index in [1.54, 1.807) is 20.8 Å². The number of ether oxygens (including phenoxy) is 1. The lowest BCUT2D eigenvalue weighted by molar-refractivity contribution is -0.157. The molecule has 0 aromatic heterocycles. The molecule has 6 heteroatoms. The third-order valence-corrected chi connectivity index (χ3v) is 2.71. The summed E-state index contributed by atoms with van der Waals surface area (Å²) < 4.78 is 5.35. The average Bonchev–Trinajstić information content (AvgIpc) is 2.41. The Kier molecular flexibility index (Phi) is 6.14. The van der Waals surface area contributed by atoms with E-state index in [1.807, 2.05) is 18.2 Å². The lowest BCUT2D eigenvalue weighted by Gasteiger charge is -2.26. The van der Waals surface area contributed by atoms with Crippen molar-refractivity contribution >= 4 is 18.3 Å². The van der Waals surface area contributed by atoms with Crippen LogP contribution in [0.15, 0.2) is 23.8 Å². The Balaban J connectivity index is 2.81. The van der Waals surface area contributed by atoms with Crippen LogP contribution in [0.1, 0.15) is 33.6 Å². The number of rotatable bonds is 6. The van der Waals surface area contributed by atoms with E-state index in [2.05, 4.69) is 10.6 Å². The second-order valence-corrected chi connectivity index (χ2v) is 5.74. The SMILES string of the molecule is CC(C)(C)OC(=O)C(NC(=O)CNC=O)C1=CC=CCC1. The van der Waals surface area contributed by atoms with Gasteiger partial charge in [-0.15, -0.1) is 0 Å². The topological polar surface area (TPSA) is 84.5 Å². The summed E-state index contributed by atoms with van der Waals surface area (Å²) in [4.78, 5) is 34.2. The van der Waals surface area contributed by atoms with E-state index in [0.717, 1.165) is 12.0 Å². The van der Waals surface area contributed by atoms with E-state index in [-0.39, 0.29) is 6.54 Å². The van der Waals surface area contributed by atoms with Gasteiger partial charge in [0.25, 0.3) is 0 Å². The van der Waals surface area contributed by atoms with Crippen LogP contribution in [-0.4, -0.2) is 36.5 Å². The minimum atomic E-state index is -0.824. The predicted molar refractivity (Wildman–Crippen MR) is 78.3 cm³/mol. The van der Waals surface area contributed by atoms with Gasteiger partial charge in [0, 0.05) is 0 Å². The Morgan fingerprint density at radius 2 is 2.14 bits per heavy atom. The highest BCUT2D eigenvalue weighted by Gasteiger charge is 2.29. The molecule has 2 amide bonds. The average molecular weight is 294 g/mol. The van der Waals surface area contributed by atoms with Crippen molar-refractivity contribution < 1.29 is 19.1 Å². The number of nitrogens with one attached hydrogen (secondary N) is 2. The zero-order valence-electron chi connectivity index (χ0n) is 12.6. The smallest absolute Gasteiger partial charge is 0.333 e. The van der Waals surface area contributed by atoms with Crippen LogP contribution < -0.4 is 10.6 Å². The minimum absolute atomic E-state index is 0.175. The highest BCUT2D eigenvalue weighted by atomic mass is 16.6. The first kappa shape index (κ1) is 16.9. The van der Waals surface area contributed by atoms with Crippen LogP contribution in [0, 0.1) is 0 Å². The molecule has 0 aromatic rings. The van der Waals surface area contributed by atoms with E-state index in [1.165, 1.54) is 0 Å². The van der Waals surface area contributed by atoms with Gasteiger partial charge in [-0.1, -0.05) is 18.2 Å². The summed E-state index contributed by atoms with van der Waals surface area (Å²) in [5.41, 5.74) is 0.165. The first-order valence-corrected chi connectivity index (χ1v) is 6.88. The fourth-order valence-electron chi connectivity index (χ4n) is 1.87. The Morgan fingerprint density at radius 1 is 1.43 bits per heavy atom. The molecule has 6 nitrogen and oxygen atoms in total. The van der Waals surface area contributed by atoms with Crippen LogP contribution in [0.4, 0.5) is 0 Å². The molecule has 0 saturated heterocycles. The molecule has 0 radical (unpaired) electrons. The van der Waals surface area contributed by atoms with Crippen molar-refractivity contribution in [3.63, 3.8) is 0 Å². The molecule has 0 fully saturated rings. The lowest BCUT2D eigenvalue weighted by Crippen LogP contribution is -2.48. The van der Waals surface area contributed by atoms with Gasteiger partial charge in [0.05, 0.1) is 6.54 Å². The van der Waals surface area contributed by atoms with Gasteiger partial charge in [0.15, 0.2) is 0 Å². The zero-order valence-corrected chi connectivity index (χ0v) is 12.6. The molecule has 1 unspecified atom stereocenters. The molecule has 0 bridgehead atoms. The molecule has 0 saturated carbocycles. The summed E-state index contributed by atoms with van der Waals surface area (Å²) in [5, 5.41) is 4.87. The van der Waals surface area contributed by atoms with Gasteiger partial charge in [-0.3, -0.25) is 9.59 Å². The highest BCUT2D eigenvalue weighted by Crippen LogP contribution is 2.19. The second-order valence-electron chi connectivity index (χ2n) is 5.74. The van der Waals surface area contributed by atoms with E-state index in [9.17, 15) is 14.4 Å². The molecule has 0 aliphatic heterocycles. The number of allylic oxidation sites excluding steroid dienone is 3. The number of esters is 1. The largest absolute Gasteiger partial charge is 0.458 e. The number of hydrogen-bond acceptors (Lipinski definition) is 4. The molecule has 1 aliphatic rings. The van der Waals surface area contributed by atoms with Gasteiger partial charge in [-0.25, -0.2) is 4.79 Å². The fourth-order valence-corrected chi connectivity index (χ4v) is 1.87. The quantitative estimate of drug-likeness (QED) is 0.561. The van der Waals surface area contributed by atoms with E-state index < -0.39 is 23.5 Å². The Bertz CT molecular complexity index is 461. The number of amides is 2. The first-order chi connectivity index (χ1) is 9.83. The van der Waals surface area contributed by atoms with Crippen molar-refractivity contribution in [2.75, 3.05) is 6.54 Å². The molecule has 21 heavy (non-hydrogen) atoms. The summed E-state index contributed by atoms with van der Waals surface area (Å²) >= 11 is 0. The van der Waals surface area contributed by atoms with Crippen LogP contribution in [0.25, 0.3) is 0 Å². The molecule has 2 N–H and O–H groups in total. The molecular weight excluding hydrogens is 272 g/mol. The number of carbonyl (C=O) groups is 3. The van der Waals surface area contributed by atoms with Crippen LogP contribution in [0.3, 0.4) is 0 Å². The molecule has 0 aromatic carbocycles. The summed E-state index contributed by atoms with van der Waals surface area (Å²) in [5.74, 6) is -0.933. The van der Waals surface area contributed by atoms with Crippen LogP contribution in [0.2, 0.25) is 0 Å². The van der Waals surface area contributed by atoms with E-state index >= 15 is 0 Å². The Morgan fingerprint density at radius 3 is 2.67 bits per heavy atom. The van der Waals surface area contributed by atoms with Gasteiger partial charge < -0.3 is 15.4 Å². The summed E-state index contributed by atoms with van der Waals surface area (Å²) in [6, 6.07) is -0.824. The van der Waals surface area contributed by atoms with Crippen LogP contribution >= 0.6 is 0 Å². The normalized spacial score (nSPS) is 15.7.